The van der Waals surface area contributed by atoms with E-state index in [9.17, 15) is 14.4 Å². The number of nitrogens with two attached hydrogens (primary N) is 1. The molecule has 0 saturated heterocycles. The average Bonchev–Trinajstić information content (AvgIpc) is 3.07. The molecule has 1 saturated carbocycles. The molecule has 0 spiro atoms. The van der Waals surface area contributed by atoms with Crippen molar-refractivity contribution in [3.05, 3.63) is 0 Å². The van der Waals surface area contributed by atoms with Gasteiger partial charge in [-0.2, -0.15) is 0 Å². The Bertz CT molecular complexity index is 341. The van der Waals surface area contributed by atoms with Crippen molar-refractivity contribution in [3.8, 4) is 0 Å². The topological polar surface area (TPSA) is 122 Å². The lowest BCUT2D eigenvalue weighted by Crippen LogP contribution is -2.48. The van der Waals surface area contributed by atoms with Crippen molar-refractivity contribution in [2.45, 2.75) is 32.2 Å². The Labute approximate surface area is 105 Å². The van der Waals surface area contributed by atoms with E-state index >= 15 is 0 Å². The molecule has 0 aromatic carbocycles. The van der Waals surface area contributed by atoms with Gasteiger partial charge in [-0.05, 0) is 24.7 Å². The number of hydrogen-bond acceptors (Lipinski definition) is 3. The number of carboxylic acids is 1. The minimum Gasteiger partial charge on any atom is -0.480 e. The lowest BCUT2D eigenvalue weighted by atomic mass is 10.1. The van der Waals surface area contributed by atoms with Gasteiger partial charge < -0.3 is 21.5 Å². The third-order valence-corrected chi connectivity index (χ3v) is 3.02. The van der Waals surface area contributed by atoms with Crippen LogP contribution in [0.5, 0.6) is 0 Å². The van der Waals surface area contributed by atoms with Crippen molar-refractivity contribution in [1.82, 2.24) is 10.6 Å². The maximum absolute atomic E-state index is 11.4. The number of primary amides is 1. The summed E-state index contributed by atoms with van der Waals surface area (Å²) in [5.41, 5.74) is 4.90. The molecule has 0 heterocycles. The average molecular weight is 257 g/mol. The minimum atomic E-state index is -1.28. The second-order valence-corrected chi connectivity index (χ2v) is 4.73. The Kier molecular flexibility index (Phi) is 4.94. The standard InChI is InChI=1S/C11H19N3O4/c1-6(7-2-3-7)5-13-11(18)14-8(10(16)17)4-9(12)15/h6-8H,2-5H2,1H3,(H2,12,15)(H,16,17)(H2,13,14,18)/t6?,8-/m0/s1. The Morgan fingerprint density at radius 3 is 2.44 bits per heavy atom. The van der Waals surface area contributed by atoms with Crippen molar-refractivity contribution in [2.24, 2.45) is 17.6 Å². The normalized spacial score (nSPS) is 17.6. The monoisotopic (exact) mass is 257 g/mol. The largest absolute Gasteiger partial charge is 0.480 e. The van der Waals surface area contributed by atoms with Crippen molar-refractivity contribution >= 4 is 17.9 Å². The van der Waals surface area contributed by atoms with Gasteiger partial charge in [0.05, 0.1) is 6.42 Å². The fraction of sp³-hybridized carbons (Fsp3) is 0.727. The van der Waals surface area contributed by atoms with Crippen LogP contribution < -0.4 is 16.4 Å². The molecular weight excluding hydrogens is 238 g/mol. The lowest BCUT2D eigenvalue weighted by Gasteiger charge is -2.15. The minimum absolute atomic E-state index is 0.384. The van der Waals surface area contributed by atoms with Gasteiger partial charge in [-0.3, -0.25) is 4.79 Å². The Hall–Kier alpha value is -1.79. The molecule has 1 fully saturated rings. The second kappa shape index (κ2) is 6.23. The smallest absolute Gasteiger partial charge is 0.326 e. The molecule has 0 aromatic heterocycles. The van der Waals surface area contributed by atoms with E-state index in [0.717, 1.165) is 0 Å². The molecule has 7 heteroatoms. The van der Waals surface area contributed by atoms with Crippen molar-refractivity contribution in [1.29, 1.82) is 0 Å². The second-order valence-electron chi connectivity index (χ2n) is 4.73. The first-order chi connectivity index (χ1) is 8.40. The van der Waals surface area contributed by atoms with E-state index in [1.54, 1.807) is 0 Å². The van der Waals surface area contributed by atoms with Crippen LogP contribution >= 0.6 is 0 Å². The predicted octanol–water partition coefficient (Wildman–Crippen LogP) is -0.340. The Balaban J connectivity index is 2.31. The van der Waals surface area contributed by atoms with Gasteiger partial charge in [0.1, 0.15) is 6.04 Å². The maximum atomic E-state index is 11.4. The molecule has 1 aliphatic rings. The van der Waals surface area contributed by atoms with Crippen LogP contribution in [0.25, 0.3) is 0 Å². The zero-order valence-electron chi connectivity index (χ0n) is 10.3. The summed E-state index contributed by atoms with van der Waals surface area (Å²) in [5.74, 6) is -1.01. The fourth-order valence-electron chi connectivity index (χ4n) is 1.70. The third-order valence-electron chi connectivity index (χ3n) is 3.02. The molecule has 5 N–H and O–H groups in total. The van der Waals surface area contributed by atoms with Crippen LogP contribution in [0.3, 0.4) is 0 Å². The van der Waals surface area contributed by atoms with Gasteiger partial charge in [0.25, 0.3) is 0 Å². The summed E-state index contributed by atoms with van der Waals surface area (Å²) in [7, 11) is 0. The van der Waals surface area contributed by atoms with Gasteiger partial charge in [-0.1, -0.05) is 6.92 Å². The molecule has 7 nitrogen and oxygen atoms in total. The van der Waals surface area contributed by atoms with Gasteiger partial charge in [-0.25, -0.2) is 9.59 Å². The van der Waals surface area contributed by atoms with Crippen LogP contribution in [0.15, 0.2) is 0 Å². The van der Waals surface area contributed by atoms with Crippen LogP contribution in [-0.2, 0) is 9.59 Å². The van der Waals surface area contributed by atoms with E-state index in [2.05, 4.69) is 10.6 Å². The van der Waals surface area contributed by atoms with Crippen LogP contribution in [-0.4, -0.2) is 35.6 Å². The summed E-state index contributed by atoms with van der Waals surface area (Å²) < 4.78 is 0. The third kappa shape index (κ3) is 5.03. The molecule has 0 bridgehead atoms. The number of rotatable bonds is 7. The van der Waals surface area contributed by atoms with Gasteiger partial charge >= 0.3 is 12.0 Å². The highest BCUT2D eigenvalue weighted by Crippen LogP contribution is 2.35. The zero-order chi connectivity index (χ0) is 13.7. The highest BCUT2D eigenvalue weighted by atomic mass is 16.4. The predicted molar refractivity (Wildman–Crippen MR) is 63.7 cm³/mol. The van der Waals surface area contributed by atoms with Crippen molar-refractivity contribution < 1.29 is 19.5 Å². The quantitative estimate of drug-likeness (QED) is 0.498. The SMILES string of the molecule is CC(CNC(=O)N[C@@H](CC(N)=O)C(=O)O)C1CC1. The van der Waals surface area contributed by atoms with Crippen LogP contribution in [0.4, 0.5) is 4.79 Å². The highest BCUT2D eigenvalue weighted by Gasteiger charge is 2.28. The van der Waals surface area contributed by atoms with E-state index < -0.39 is 30.4 Å². The summed E-state index contributed by atoms with van der Waals surface area (Å²) in [5, 5.41) is 13.6. The summed E-state index contributed by atoms with van der Waals surface area (Å²) in [4.78, 5) is 32.9. The first-order valence-electron chi connectivity index (χ1n) is 5.95. The maximum Gasteiger partial charge on any atom is 0.326 e. The van der Waals surface area contributed by atoms with E-state index in [4.69, 9.17) is 10.8 Å². The zero-order valence-corrected chi connectivity index (χ0v) is 10.3. The number of carbonyl (C=O) groups excluding carboxylic acids is 2. The molecule has 0 aromatic rings. The Morgan fingerprint density at radius 1 is 1.39 bits per heavy atom. The summed E-state index contributed by atoms with van der Waals surface area (Å²) in [6, 6.07) is -1.87. The number of amides is 3. The summed E-state index contributed by atoms with van der Waals surface area (Å²) in [6.45, 7) is 2.54. The molecule has 1 rings (SSSR count). The molecular formula is C11H19N3O4. The summed E-state index contributed by atoms with van der Waals surface area (Å²) in [6.07, 6.45) is 1.95. The van der Waals surface area contributed by atoms with Crippen LogP contribution in [0.2, 0.25) is 0 Å². The number of hydrogen-bond donors (Lipinski definition) is 4. The Morgan fingerprint density at radius 2 is 2.00 bits per heavy atom. The van der Waals surface area contributed by atoms with E-state index in [1.807, 2.05) is 6.92 Å². The van der Waals surface area contributed by atoms with Crippen LogP contribution in [0, 0.1) is 11.8 Å². The van der Waals surface area contributed by atoms with Gasteiger partial charge in [0, 0.05) is 6.54 Å². The number of aliphatic carboxylic acids is 1. The number of nitrogens with one attached hydrogen (secondary N) is 2. The number of carboxylic acid groups (broad SMARTS) is 1. The molecule has 1 aliphatic carbocycles. The molecule has 0 aliphatic heterocycles. The van der Waals surface area contributed by atoms with Crippen molar-refractivity contribution in [2.75, 3.05) is 6.54 Å². The summed E-state index contributed by atoms with van der Waals surface area (Å²) >= 11 is 0. The molecule has 0 radical (unpaired) electrons. The van der Waals surface area contributed by atoms with Gasteiger partial charge in [-0.15, -0.1) is 0 Å². The first-order valence-corrected chi connectivity index (χ1v) is 5.95. The van der Waals surface area contributed by atoms with Gasteiger partial charge in [0.2, 0.25) is 5.91 Å². The van der Waals surface area contributed by atoms with Gasteiger partial charge in [0.15, 0.2) is 0 Å². The molecule has 102 valence electrons. The van der Waals surface area contributed by atoms with E-state index in [1.165, 1.54) is 12.8 Å². The highest BCUT2D eigenvalue weighted by molar-refractivity contribution is 5.87. The lowest BCUT2D eigenvalue weighted by molar-refractivity contribution is -0.140. The first kappa shape index (κ1) is 14.3. The number of carbonyl (C=O) groups is 3. The molecule has 2 atom stereocenters. The number of urea groups is 1. The molecule has 3 amide bonds. The molecule has 18 heavy (non-hydrogen) atoms. The van der Waals surface area contributed by atoms with E-state index in [-0.39, 0.29) is 0 Å². The van der Waals surface area contributed by atoms with E-state index in [0.29, 0.717) is 18.4 Å². The van der Waals surface area contributed by atoms with Crippen LogP contribution in [0.1, 0.15) is 26.2 Å². The molecule has 1 unspecified atom stereocenters. The fourth-order valence-corrected chi connectivity index (χ4v) is 1.70. The van der Waals surface area contributed by atoms with Crippen molar-refractivity contribution in [3.63, 3.8) is 0 Å².